The van der Waals surface area contributed by atoms with Gasteiger partial charge in [0.2, 0.25) is 1.43 Å². The number of nitriles is 1. The van der Waals surface area contributed by atoms with Crippen molar-refractivity contribution in [1.29, 1.82) is 6.69 Å². The fraction of sp³-hybridized carbons (Fsp3) is 0.938. The number of nitrogens with zero attached hydrogens (tertiary/aromatic N) is 2. The van der Waals surface area contributed by atoms with Gasteiger partial charge in [-0.2, -0.15) is 5.26 Å². The molecule has 1 aliphatic heterocycles. The molecule has 0 aromatic carbocycles. The van der Waals surface area contributed by atoms with Gasteiger partial charge in [-0.05, 0) is 41.0 Å². The number of aliphatic hydroxyl groups excluding tert-OH is 1. The van der Waals surface area contributed by atoms with E-state index in [0.29, 0.717) is 26.2 Å². The van der Waals surface area contributed by atoms with Gasteiger partial charge in [-0.1, -0.05) is 0 Å². The van der Waals surface area contributed by atoms with Crippen LogP contribution in [0.2, 0.25) is 0 Å². The van der Waals surface area contributed by atoms with E-state index in [1.54, 1.807) is 0 Å². The Labute approximate surface area is 143 Å². The maximum absolute atomic E-state index is 8.77. The van der Waals surface area contributed by atoms with Crippen LogP contribution in [0.1, 0.15) is 47.5 Å². The molecule has 1 fully saturated rings. The molecule has 0 amide bonds. The number of ether oxygens (including phenoxy) is 1. The van der Waals surface area contributed by atoms with E-state index in [9.17, 15) is 0 Å². The van der Waals surface area contributed by atoms with Gasteiger partial charge in [0, 0.05) is 24.6 Å². The minimum atomic E-state index is -1.28. The van der Waals surface area contributed by atoms with Crippen LogP contribution in [0.15, 0.2) is 0 Å². The lowest BCUT2D eigenvalue weighted by Crippen LogP contribution is -2.37. The van der Waals surface area contributed by atoms with Crippen molar-refractivity contribution in [1.82, 2.24) is 4.67 Å². The topological polar surface area (TPSA) is 75.0 Å². The van der Waals surface area contributed by atoms with Gasteiger partial charge in [0.1, 0.15) is 0 Å². The first-order valence-electron chi connectivity index (χ1n) is 8.77. The normalized spacial score (nSPS) is 26.7. The van der Waals surface area contributed by atoms with Crippen LogP contribution < -0.4 is 0 Å². The van der Waals surface area contributed by atoms with Crippen molar-refractivity contribution in [3.63, 3.8) is 0 Å². The van der Waals surface area contributed by atoms with Crippen LogP contribution in [0.3, 0.4) is 0 Å². The van der Waals surface area contributed by atoms with Crippen molar-refractivity contribution >= 4 is 8.53 Å². The average Bonchev–Trinajstić information content (AvgIpc) is 2.85. The SMILES string of the molecule is [3H]OCC[C@H]1COC(C)[C@H]1OP(OCCC#N)N(C(C)C)C(C)C. The van der Waals surface area contributed by atoms with Crippen LogP contribution in [0.25, 0.3) is 0 Å². The van der Waals surface area contributed by atoms with Gasteiger partial charge in [-0.15, -0.1) is 0 Å². The lowest BCUT2D eigenvalue weighted by molar-refractivity contribution is 0.0496. The molecule has 2 unspecified atom stereocenters. The molecule has 1 saturated heterocycles. The Morgan fingerprint density at radius 2 is 2.13 bits per heavy atom. The summed E-state index contributed by atoms with van der Waals surface area (Å²) >= 11 is 0. The standard InChI is InChI=1S/C16H31N2O4P/c1-12(2)18(13(3)4)23(21-10-6-8-17)22-16-14(5)20-11-15(16)7-9-19/h12-16,19H,6-7,9-11H2,1-5H3/t14?,15-,16+,23?/m0/s1/i19T. The minimum Gasteiger partial charge on any atom is -0.396 e. The smallest absolute Gasteiger partial charge is 0.259 e. The highest BCUT2D eigenvalue weighted by atomic mass is 31.2. The molecule has 1 N–H and O–H groups in total. The Balaban J connectivity index is 2.82. The Morgan fingerprint density at radius 1 is 1.43 bits per heavy atom. The molecule has 134 valence electrons. The number of rotatable bonds is 11. The van der Waals surface area contributed by atoms with Crippen molar-refractivity contribution in [2.75, 3.05) is 19.8 Å². The molecule has 1 rings (SSSR count). The van der Waals surface area contributed by atoms with Crippen LogP contribution >= 0.6 is 8.53 Å². The maximum Gasteiger partial charge on any atom is 0.259 e. The van der Waals surface area contributed by atoms with E-state index in [-0.39, 0.29) is 30.2 Å². The summed E-state index contributed by atoms with van der Waals surface area (Å²) in [5.74, 6) is 0.191. The van der Waals surface area contributed by atoms with Crippen molar-refractivity contribution in [3.8, 4) is 6.07 Å². The zero-order valence-corrected chi connectivity index (χ0v) is 15.8. The van der Waals surface area contributed by atoms with Crippen LogP contribution in [0.5, 0.6) is 0 Å². The minimum absolute atomic E-state index is 0.0218. The molecule has 0 radical (unpaired) electrons. The highest BCUT2D eigenvalue weighted by molar-refractivity contribution is 7.44. The summed E-state index contributed by atoms with van der Waals surface area (Å²) < 4.78 is 27.2. The van der Waals surface area contributed by atoms with Crippen molar-refractivity contribution in [2.24, 2.45) is 5.92 Å². The molecule has 1 heterocycles. The second-order valence-corrected chi connectivity index (χ2v) is 7.81. The lowest BCUT2D eigenvalue weighted by atomic mass is 10.00. The Kier molecular flexibility index (Phi) is 8.74. The van der Waals surface area contributed by atoms with E-state index < -0.39 is 8.53 Å². The van der Waals surface area contributed by atoms with E-state index in [1.165, 1.54) is 0 Å². The maximum atomic E-state index is 8.77. The Bertz CT molecular complexity index is 387. The van der Waals surface area contributed by atoms with E-state index in [2.05, 4.69) is 43.5 Å². The van der Waals surface area contributed by atoms with Gasteiger partial charge in [0.05, 0.1) is 37.9 Å². The summed E-state index contributed by atoms with van der Waals surface area (Å²) in [4.78, 5) is 0. The molecule has 4 atom stereocenters. The van der Waals surface area contributed by atoms with Gasteiger partial charge in [0.15, 0.2) is 0 Å². The van der Waals surface area contributed by atoms with Crippen LogP contribution in [0.4, 0.5) is 0 Å². The molecule has 0 aromatic rings. The quantitative estimate of drug-likeness (QED) is 0.457. The van der Waals surface area contributed by atoms with Crippen molar-refractivity contribution in [2.45, 2.75) is 71.8 Å². The fourth-order valence-corrected chi connectivity index (χ4v) is 4.67. The molecule has 0 aromatic heterocycles. The van der Waals surface area contributed by atoms with Gasteiger partial charge >= 0.3 is 0 Å². The molecule has 6 nitrogen and oxygen atoms in total. The molecule has 1 aliphatic rings. The third kappa shape index (κ3) is 6.26. The van der Waals surface area contributed by atoms with Gasteiger partial charge < -0.3 is 18.9 Å². The van der Waals surface area contributed by atoms with E-state index in [0.717, 1.165) is 6.42 Å². The van der Waals surface area contributed by atoms with E-state index >= 15 is 0 Å². The van der Waals surface area contributed by atoms with Crippen LogP contribution in [0, 0.1) is 17.2 Å². The number of hydrogen-bond donors (Lipinski definition) is 1. The van der Waals surface area contributed by atoms with Crippen LogP contribution in [-0.2, 0) is 13.8 Å². The van der Waals surface area contributed by atoms with Gasteiger partial charge in [0.25, 0.3) is 8.53 Å². The van der Waals surface area contributed by atoms with Gasteiger partial charge in [-0.25, -0.2) is 4.67 Å². The third-order valence-electron chi connectivity index (χ3n) is 3.86. The zero-order chi connectivity index (χ0) is 18.1. The van der Waals surface area contributed by atoms with E-state index in [1.807, 2.05) is 6.92 Å². The molecular formula is C16H31N2O4P. The molecule has 0 saturated carbocycles. The average molecular weight is 348 g/mol. The molecule has 0 bridgehead atoms. The first-order chi connectivity index (χ1) is 11.4. The van der Waals surface area contributed by atoms with Gasteiger partial charge in [-0.3, -0.25) is 0 Å². The molecule has 7 heteroatoms. The highest BCUT2D eigenvalue weighted by Gasteiger charge is 2.39. The third-order valence-corrected chi connectivity index (χ3v) is 5.99. The second kappa shape index (κ2) is 10.6. The first-order valence-corrected chi connectivity index (χ1v) is 9.50. The first kappa shape index (κ1) is 19.1. The predicted octanol–water partition coefficient (Wildman–Crippen LogP) is 3.06. The Hall–Kier alpha value is -0.280. The largest absolute Gasteiger partial charge is 0.396 e. The van der Waals surface area contributed by atoms with E-state index in [4.69, 9.17) is 20.5 Å². The monoisotopic (exact) mass is 348 g/mol. The molecular weight excluding hydrogens is 315 g/mol. The Morgan fingerprint density at radius 3 is 2.70 bits per heavy atom. The summed E-state index contributed by atoms with van der Waals surface area (Å²) in [5, 5.41) is 13.2. The highest BCUT2D eigenvalue weighted by Crippen LogP contribution is 2.49. The summed E-state index contributed by atoms with van der Waals surface area (Å²) in [7, 11) is -1.28. The van der Waals surface area contributed by atoms with Crippen molar-refractivity contribution < 1.29 is 18.9 Å². The number of aliphatic hydroxyl groups is 1. The summed E-state index contributed by atoms with van der Waals surface area (Å²) in [5.41, 5.74) is 0. The summed E-state index contributed by atoms with van der Waals surface area (Å²) in [6.07, 6.45) is 0.960. The summed E-state index contributed by atoms with van der Waals surface area (Å²) in [6.45, 7) is 11.8. The molecule has 0 aliphatic carbocycles. The van der Waals surface area contributed by atoms with Crippen molar-refractivity contribution in [3.05, 3.63) is 0 Å². The molecule has 0 spiro atoms. The fourth-order valence-electron chi connectivity index (χ4n) is 2.82. The number of hydrogen-bond acceptors (Lipinski definition) is 6. The summed E-state index contributed by atoms with van der Waals surface area (Å²) in [6, 6.07) is 2.65. The van der Waals surface area contributed by atoms with Crippen LogP contribution in [-0.4, -0.2) is 55.3 Å². The lowest BCUT2D eigenvalue weighted by Gasteiger charge is -2.38. The second-order valence-electron chi connectivity index (χ2n) is 6.41. The molecule has 23 heavy (non-hydrogen) atoms. The zero-order valence-electron chi connectivity index (χ0n) is 15.9. The predicted molar refractivity (Wildman–Crippen MR) is 90.7 cm³/mol.